The third kappa shape index (κ3) is 3.62. The number of thiazole rings is 1. The maximum atomic E-state index is 12.4. The Kier molecular flexibility index (Phi) is 4.48. The molecule has 0 spiro atoms. The van der Waals surface area contributed by atoms with E-state index in [1.165, 1.54) is 5.57 Å². The molecule has 4 nitrogen and oxygen atoms in total. The number of rotatable bonds is 3. The van der Waals surface area contributed by atoms with Crippen LogP contribution in [0.25, 0.3) is 5.57 Å². The molecule has 1 amide bonds. The van der Waals surface area contributed by atoms with E-state index in [1.54, 1.807) is 23.5 Å². The van der Waals surface area contributed by atoms with Gasteiger partial charge in [-0.3, -0.25) is 4.79 Å². The largest absolute Gasteiger partial charge is 0.508 e. The Hall–Kier alpha value is -2.14. The molecule has 0 aliphatic carbocycles. The molecule has 1 aromatic heterocycles. The van der Waals surface area contributed by atoms with Crippen LogP contribution in [0.3, 0.4) is 0 Å². The minimum absolute atomic E-state index is 0.138. The van der Waals surface area contributed by atoms with E-state index in [1.807, 2.05) is 30.9 Å². The van der Waals surface area contributed by atoms with Crippen LogP contribution < -0.4 is 0 Å². The molecule has 120 valence electrons. The fourth-order valence-corrected chi connectivity index (χ4v) is 3.66. The molecule has 1 aromatic carbocycles. The van der Waals surface area contributed by atoms with Crippen LogP contribution in [0.4, 0.5) is 0 Å². The van der Waals surface area contributed by atoms with Gasteiger partial charge in [0, 0.05) is 18.0 Å². The SMILES string of the molecule is Cc1nc(CC(=O)N2CC=C(c3ccc(O)cc3)CC2)c(C)s1. The molecule has 3 rings (SSSR count). The summed E-state index contributed by atoms with van der Waals surface area (Å²) in [7, 11) is 0. The predicted octanol–water partition coefficient (Wildman–Crippen LogP) is 3.32. The number of aromatic nitrogens is 1. The summed E-state index contributed by atoms with van der Waals surface area (Å²) in [5.41, 5.74) is 3.25. The Bertz CT molecular complexity index is 747. The van der Waals surface area contributed by atoms with Crippen LogP contribution in [0.15, 0.2) is 30.3 Å². The quantitative estimate of drug-likeness (QED) is 0.940. The van der Waals surface area contributed by atoms with Crippen molar-refractivity contribution in [2.24, 2.45) is 0 Å². The summed E-state index contributed by atoms with van der Waals surface area (Å²) in [5, 5.41) is 10.4. The molecule has 0 saturated carbocycles. The van der Waals surface area contributed by atoms with Gasteiger partial charge in [0.05, 0.1) is 17.1 Å². The summed E-state index contributed by atoms with van der Waals surface area (Å²) in [4.78, 5) is 19.9. The van der Waals surface area contributed by atoms with Crippen molar-refractivity contribution < 1.29 is 9.90 Å². The normalized spacial score (nSPS) is 14.7. The fourth-order valence-electron chi connectivity index (χ4n) is 2.82. The molecule has 0 fully saturated rings. The van der Waals surface area contributed by atoms with Gasteiger partial charge < -0.3 is 10.0 Å². The number of nitrogens with zero attached hydrogens (tertiary/aromatic N) is 2. The molecular formula is C18H20N2O2S. The van der Waals surface area contributed by atoms with E-state index in [0.29, 0.717) is 13.0 Å². The molecule has 1 aliphatic rings. The Morgan fingerprint density at radius 2 is 2.04 bits per heavy atom. The van der Waals surface area contributed by atoms with Gasteiger partial charge in [0.1, 0.15) is 5.75 Å². The summed E-state index contributed by atoms with van der Waals surface area (Å²) in [5.74, 6) is 0.412. The number of carbonyl (C=O) groups excluding carboxylic acids is 1. The number of phenolic OH excluding ortho intramolecular Hbond substituents is 1. The molecule has 1 aliphatic heterocycles. The Balaban J connectivity index is 1.64. The van der Waals surface area contributed by atoms with Crippen LogP contribution in [-0.4, -0.2) is 34.0 Å². The second kappa shape index (κ2) is 6.54. The van der Waals surface area contributed by atoms with E-state index in [4.69, 9.17) is 0 Å². The van der Waals surface area contributed by atoms with Crippen LogP contribution in [0.2, 0.25) is 0 Å². The summed E-state index contributed by atoms with van der Waals surface area (Å²) >= 11 is 1.64. The highest BCUT2D eigenvalue weighted by atomic mass is 32.1. The summed E-state index contributed by atoms with van der Waals surface area (Å²) in [6.07, 6.45) is 3.33. The minimum Gasteiger partial charge on any atom is -0.508 e. The number of aromatic hydroxyl groups is 1. The van der Waals surface area contributed by atoms with Crippen LogP contribution in [0.1, 0.15) is 27.6 Å². The van der Waals surface area contributed by atoms with Crippen molar-refractivity contribution in [2.75, 3.05) is 13.1 Å². The van der Waals surface area contributed by atoms with E-state index < -0.39 is 0 Å². The van der Waals surface area contributed by atoms with Gasteiger partial charge in [-0.2, -0.15) is 0 Å². The lowest BCUT2D eigenvalue weighted by atomic mass is 9.99. The Labute approximate surface area is 140 Å². The number of hydrogen-bond donors (Lipinski definition) is 1. The van der Waals surface area contributed by atoms with Crippen molar-refractivity contribution in [3.63, 3.8) is 0 Å². The number of aryl methyl sites for hydroxylation is 2. The van der Waals surface area contributed by atoms with Gasteiger partial charge in [-0.05, 0) is 43.5 Å². The maximum absolute atomic E-state index is 12.4. The van der Waals surface area contributed by atoms with Crippen molar-refractivity contribution in [3.05, 3.63) is 51.5 Å². The van der Waals surface area contributed by atoms with Gasteiger partial charge in [-0.1, -0.05) is 18.2 Å². The molecule has 0 saturated heterocycles. The average molecular weight is 328 g/mol. The van der Waals surface area contributed by atoms with Crippen molar-refractivity contribution in [1.29, 1.82) is 0 Å². The molecule has 2 heterocycles. The molecule has 0 atom stereocenters. The second-order valence-electron chi connectivity index (χ2n) is 5.78. The van der Waals surface area contributed by atoms with Gasteiger partial charge in [-0.25, -0.2) is 4.98 Å². The topological polar surface area (TPSA) is 53.4 Å². The van der Waals surface area contributed by atoms with Gasteiger partial charge in [0.25, 0.3) is 0 Å². The second-order valence-corrected chi connectivity index (χ2v) is 7.19. The van der Waals surface area contributed by atoms with Crippen LogP contribution in [0, 0.1) is 13.8 Å². The van der Waals surface area contributed by atoms with Crippen molar-refractivity contribution in [2.45, 2.75) is 26.7 Å². The minimum atomic E-state index is 0.138. The highest BCUT2D eigenvalue weighted by molar-refractivity contribution is 7.11. The van der Waals surface area contributed by atoms with E-state index in [2.05, 4.69) is 11.1 Å². The first-order valence-electron chi connectivity index (χ1n) is 7.72. The highest BCUT2D eigenvalue weighted by Gasteiger charge is 2.20. The molecule has 1 N–H and O–H groups in total. The lowest BCUT2D eigenvalue weighted by Gasteiger charge is -2.26. The van der Waals surface area contributed by atoms with E-state index in [0.717, 1.165) is 34.1 Å². The first-order valence-corrected chi connectivity index (χ1v) is 8.53. The lowest BCUT2D eigenvalue weighted by Crippen LogP contribution is -2.35. The monoisotopic (exact) mass is 328 g/mol. The van der Waals surface area contributed by atoms with Crippen molar-refractivity contribution in [1.82, 2.24) is 9.88 Å². The molecule has 0 bridgehead atoms. The van der Waals surface area contributed by atoms with Crippen molar-refractivity contribution >= 4 is 22.8 Å². The molecule has 0 unspecified atom stereocenters. The number of hydrogen-bond acceptors (Lipinski definition) is 4. The fraction of sp³-hybridized carbons (Fsp3) is 0.333. The van der Waals surface area contributed by atoms with Gasteiger partial charge >= 0.3 is 0 Å². The lowest BCUT2D eigenvalue weighted by molar-refractivity contribution is -0.130. The zero-order chi connectivity index (χ0) is 16.4. The standard InChI is InChI=1S/C18H20N2O2S/c1-12-17(19-13(2)23-12)11-18(22)20-9-7-15(8-10-20)14-3-5-16(21)6-4-14/h3-7,21H,8-11H2,1-2H3. The molecule has 23 heavy (non-hydrogen) atoms. The van der Waals surface area contributed by atoms with Gasteiger partial charge in [0.15, 0.2) is 0 Å². The number of benzene rings is 1. The first kappa shape index (κ1) is 15.7. The summed E-state index contributed by atoms with van der Waals surface area (Å²) in [6.45, 7) is 5.36. The highest BCUT2D eigenvalue weighted by Crippen LogP contribution is 2.24. The summed E-state index contributed by atoms with van der Waals surface area (Å²) < 4.78 is 0. The first-order chi connectivity index (χ1) is 11.0. The van der Waals surface area contributed by atoms with E-state index >= 15 is 0 Å². The van der Waals surface area contributed by atoms with Crippen molar-refractivity contribution in [3.8, 4) is 5.75 Å². The average Bonchev–Trinajstić information content (AvgIpc) is 2.86. The third-order valence-corrected chi connectivity index (χ3v) is 5.05. The molecule has 5 heteroatoms. The number of carbonyl (C=O) groups is 1. The van der Waals surface area contributed by atoms with Crippen LogP contribution >= 0.6 is 11.3 Å². The summed E-state index contributed by atoms with van der Waals surface area (Å²) in [6, 6.07) is 7.22. The predicted molar refractivity (Wildman–Crippen MR) is 92.6 cm³/mol. The molecule has 0 radical (unpaired) electrons. The smallest absolute Gasteiger partial charge is 0.228 e. The molecule has 2 aromatic rings. The maximum Gasteiger partial charge on any atom is 0.228 e. The van der Waals surface area contributed by atoms with Crippen LogP contribution in [-0.2, 0) is 11.2 Å². The zero-order valence-electron chi connectivity index (χ0n) is 13.4. The Morgan fingerprint density at radius 3 is 2.61 bits per heavy atom. The Morgan fingerprint density at radius 1 is 1.30 bits per heavy atom. The van der Waals surface area contributed by atoms with Gasteiger partial charge in [-0.15, -0.1) is 11.3 Å². The van der Waals surface area contributed by atoms with Crippen LogP contribution in [0.5, 0.6) is 5.75 Å². The third-order valence-electron chi connectivity index (χ3n) is 4.12. The molecular weight excluding hydrogens is 308 g/mol. The number of phenols is 1. The van der Waals surface area contributed by atoms with E-state index in [9.17, 15) is 9.90 Å². The van der Waals surface area contributed by atoms with Gasteiger partial charge in [0.2, 0.25) is 5.91 Å². The van der Waals surface area contributed by atoms with E-state index in [-0.39, 0.29) is 11.7 Å². The number of amides is 1. The zero-order valence-corrected chi connectivity index (χ0v) is 14.2.